The maximum absolute atomic E-state index is 5.00. The summed E-state index contributed by atoms with van der Waals surface area (Å²) in [6.45, 7) is 0.455. The summed E-state index contributed by atoms with van der Waals surface area (Å²) >= 11 is 0. The molecule has 1 aliphatic rings. The number of hydrogen-bond donors (Lipinski definition) is 0. The van der Waals surface area contributed by atoms with Gasteiger partial charge in [-0.3, -0.25) is 0 Å². The maximum atomic E-state index is 5.00. The number of rotatable bonds is 0. The highest BCUT2D eigenvalue weighted by molar-refractivity contribution is 8.93. The third-order valence-corrected chi connectivity index (χ3v) is 1.46. The molecule has 0 saturated carbocycles. The van der Waals surface area contributed by atoms with Crippen LogP contribution in [0.15, 0.2) is 29.3 Å². The summed E-state index contributed by atoms with van der Waals surface area (Å²) in [5.74, 6) is 0. The summed E-state index contributed by atoms with van der Waals surface area (Å²) in [7, 11) is 0. The fourth-order valence-electron chi connectivity index (χ4n) is 0.965. The van der Waals surface area contributed by atoms with Crippen LogP contribution in [0.3, 0.4) is 0 Å². The predicted octanol–water partition coefficient (Wildman–Crippen LogP) is 0.610. The summed E-state index contributed by atoms with van der Waals surface area (Å²) < 4.78 is 5.00. The lowest BCUT2D eigenvalue weighted by atomic mass is 10.3. The second-order valence-corrected chi connectivity index (χ2v) is 2.13. The highest BCUT2D eigenvalue weighted by Gasteiger charge is 1.89. The van der Waals surface area contributed by atoms with E-state index in [1.54, 1.807) is 6.26 Å². The molecule has 3 heteroatoms. The largest absolute Gasteiger partial charge is 0.478 e. The molecule has 0 spiro atoms. The van der Waals surface area contributed by atoms with Crippen LogP contribution >= 0.6 is 17.0 Å². The first-order chi connectivity index (χ1) is 4.97. The molecule has 0 amide bonds. The smallest absolute Gasteiger partial charge is 0.178 e. The van der Waals surface area contributed by atoms with Crippen molar-refractivity contribution >= 4 is 23.2 Å². The summed E-state index contributed by atoms with van der Waals surface area (Å²) in [4.78, 5) is 4.14. The Hall–Kier alpha value is -0.830. The number of halogens is 1. The van der Waals surface area contributed by atoms with Crippen molar-refractivity contribution in [3.8, 4) is 0 Å². The molecule has 0 bridgehead atoms. The molecular weight excluding hydrogens is 206 g/mol. The molecule has 1 aromatic rings. The first-order valence-corrected chi connectivity index (χ1v) is 3.18. The number of fused-ring (bicyclic) bond motifs is 1. The van der Waals surface area contributed by atoms with E-state index in [9.17, 15) is 0 Å². The molecule has 0 saturated heterocycles. The topological polar surface area (TPSA) is 21.6 Å². The Bertz CT molecular complexity index is 312. The van der Waals surface area contributed by atoms with Gasteiger partial charge in [0.2, 0.25) is 0 Å². The molecule has 58 valence electrons. The van der Waals surface area contributed by atoms with Gasteiger partial charge in [0.25, 0.3) is 0 Å². The van der Waals surface area contributed by atoms with Crippen LogP contribution in [0.5, 0.6) is 0 Å². The summed E-state index contributed by atoms with van der Waals surface area (Å²) in [5, 5.41) is 2.09. The molecule has 0 aliphatic carbocycles. The Morgan fingerprint density at radius 2 is 2.09 bits per heavy atom. The molecule has 0 radical (unpaired) electrons. The van der Waals surface area contributed by atoms with Crippen molar-refractivity contribution in [2.75, 3.05) is 6.73 Å². The molecule has 2 rings (SSSR count). The number of nitrogens with zero attached hydrogens (tertiary/aromatic N) is 1. The van der Waals surface area contributed by atoms with Crippen LogP contribution in [-0.2, 0) is 4.74 Å². The number of benzene rings is 1. The van der Waals surface area contributed by atoms with Crippen LogP contribution in [0, 0.1) is 0 Å². The van der Waals surface area contributed by atoms with Gasteiger partial charge in [-0.05, 0) is 12.1 Å². The monoisotopic (exact) mass is 213 g/mol. The Balaban J connectivity index is 0.000000605. The number of hydrogen-bond acceptors (Lipinski definition) is 2. The average molecular weight is 214 g/mol. The molecule has 2 nitrogen and oxygen atoms in total. The van der Waals surface area contributed by atoms with E-state index in [1.807, 2.05) is 24.3 Å². The molecular formula is C8H8BrNO. The van der Waals surface area contributed by atoms with E-state index in [1.165, 1.54) is 0 Å². The van der Waals surface area contributed by atoms with Crippen LogP contribution in [0.1, 0.15) is 0 Å². The van der Waals surface area contributed by atoms with Gasteiger partial charge >= 0.3 is 0 Å². The standard InChI is InChI=1S/C8H7NO.BrH/c1-2-4-8-7(3-1)5-10-6-9-8;/h1-5H,6H2;1H. The zero-order chi connectivity index (χ0) is 6.81. The predicted molar refractivity (Wildman–Crippen MR) is 48.0 cm³/mol. The fourth-order valence-corrected chi connectivity index (χ4v) is 0.965. The van der Waals surface area contributed by atoms with E-state index >= 15 is 0 Å². The first kappa shape index (κ1) is 8.27. The maximum Gasteiger partial charge on any atom is 0.178 e. The average Bonchev–Trinajstić information content (AvgIpc) is 2.05. The molecule has 1 heterocycles. The Morgan fingerprint density at radius 3 is 2.91 bits per heavy atom. The van der Waals surface area contributed by atoms with E-state index in [-0.39, 0.29) is 17.0 Å². The molecule has 0 fully saturated rings. The van der Waals surface area contributed by atoms with Gasteiger partial charge in [-0.15, -0.1) is 17.0 Å². The van der Waals surface area contributed by atoms with Gasteiger partial charge in [-0.2, -0.15) is 0 Å². The Kier molecular flexibility index (Phi) is 2.65. The Morgan fingerprint density at radius 1 is 1.27 bits per heavy atom. The van der Waals surface area contributed by atoms with Gasteiger partial charge in [0, 0.05) is 5.22 Å². The van der Waals surface area contributed by atoms with Gasteiger partial charge < -0.3 is 4.74 Å². The van der Waals surface area contributed by atoms with E-state index in [0.717, 1.165) is 10.6 Å². The van der Waals surface area contributed by atoms with E-state index in [4.69, 9.17) is 4.74 Å². The minimum Gasteiger partial charge on any atom is -0.478 e. The van der Waals surface area contributed by atoms with Crippen molar-refractivity contribution in [1.82, 2.24) is 0 Å². The second-order valence-electron chi connectivity index (χ2n) is 2.13. The van der Waals surface area contributed by atoms with Crippen LogP contribution in [0.2, 0.25) is 0 Å². The van der Waals surface area contributed by atoms with E-state index < -0.39 is 0 Å². The van der Waals surface area contributed by atoms with Gasteiger partial charge in [0.15, 0.2) is 6.73 Å². The highest BCUT2D eigenvalue weighted by Crippen LogP contribution is 1.81. The van der Waals surface area contributed by atoms with Crippen LogP contribution in [0.4, 0.5) is 0 Å². The fraction of sp³-hybridized carbons (Fsp3) is 0.125. The third-order valence-electron chi connectivity index (χ3n) is 1.46. The van der Waals surface area contributed by atoms with E-state index in [0.29, 0.717) is 6.73 Å². The molecule has 0 unspecified atom stereocenters. The second kappa shape index (κ2) is 3.53. The first-order valence-electron chi connectivity index (χ1n) is 3.18. The van der Waals surface area contributed by atoms with E-state index in [2.05, 4.69) is 4.99 Å². The molecule has 0 N–H and O–H groups in total. The minimum absolute atomic E-state index is 0. The molecule has 0 aromatic heterocycles. The van der Waals surface area contributed by atoms with Gasteiger partial charge in [0.1, 0.15) is 0 Å². The van der Waals surface area contributed by atoms with Crippen molar-refractivity contribution in [3.63, 3.8) is 0 Å². The molecule has 11 heavy (non-hydrogen) atoms. The zero-order valence-corrected chi connectivity index (χ0v) is 7.57. The van der Waals surface area contributed by atoms with Crippen LogP contribution in [-0.4, -0.2) is 6.73 Å². The highest BCUT2D eigenvalue weighted by atomic mass is 79.9. The lowest BCUT2D eigenvalue weighted by molar-refractivity contribution is 0.296. The summed E-state index contributed by atoms with van der Waals surface area (Å²) in [6, 6.07) is 7.91. The van der Waals surface area contributed by atoms with Crippen molar-refractivity contribution in [1.29, 1.82) is 0 Å². The van der Waals surface area contributed by atoms with Gasteiger partial charge in [-0.1, -0.05) is 12.1 Å². The molecule has 1 aliphatic heterocycles. The quantitative estimate of drug-likeness (QED) is 0.620. The van der Waals surface area contributed by atoms with Crippen molar-refractivity contribution in [2.45, 2.75) is 0 Å². The SMILES string of the molecule is Br.C1=c2ccccc2=NCO1. The van der Waals surface area contributed by atoms with Crippen molar-refractivity contribution < 1.29 is 4.74 Å². The van der Waals surface area contributed by atoms with Gasteiger partial charge in [-0.25, -0.2) is 4.99 Å². The molecule has 0 atom stereocenters. The normalized spacial score (nSPS) is 12.7. The number of ether oxygens (including phenoxy) is 1. The minimum atomic E-state index is 0. The van der Waals surface area contributed by atoms with Crippen molar-refractivity contribution in [2.24, 2.45) is 4.99 Å². The van der Waals surface area contributed by atoms with Gasteiger partial charge in [0.05, 0.1) is 11.6 Å². The van der Waals surface area contributed by atoms with Crippen LogP contribution < -0.4 is 10.6 Å². The van der Waals surface area contributed by atoms with Crippen LogP contribution in [0.25, 0.3) is 6.26 Å². The summed E-state index contributed by atoms with van der Waals surface area (Å²) in [5.41, 5.74) is 0. The molecule has 1 aromatic carbocycles. The summed E-state index contributed by atoms with van der Waals surface area (Å²) in [6.07, 6.45) is 1.74. The zero-order valence-electron chi connectivity index (χ0n) is 5.86. The number of para-hydroxylation sites is 1. The third kappa shape index (κ3) is 1.60. The Labute approximate surface area is 75.0 Å². The van der Waals surface area contributed by atoms with Crippen molar-refractivity contribution in [3.05, 3.63) is 34.8 Å². The lowest BCUT2D eigenvalue weighted by Crippen LogP contribution is -2.27. The lowest BCUT2D eigenvalue weighted by Gasteiger charge is -1.99.